The van der Waals surface area contributed by atoms with Gasteiger partial charge >= 0.3 is 0 Å². The van der Waals surface area contributed by atoms with Gasteiger partial charge in [0.25, 0.3) is 0 Å². The van der Waals surface area contributed by atoms with Gasteiger partial charge in [0.1, 0.15) is 0 Å². The second-order valence-electron chi connectivity index (χ2n) is 3.59. The average molecular weight is 170 g/mol. The first-order valence-corrected chi connectivity index (χ1v) is 4.73. The fourth-order valence-electron chi connectivity index (χ4n) is 1.55. The summed E-state index contributed by atoms with van der Waals surface area (Å²) in [4.78, 5) is 11.5. The summed E-state index contributed by atoms with van der Waals surface area (Å²) in [6.07, 6.45) is 4.08. The first-order chi connectivity index (χ1) is 5.75. The minimum atomic E-state index is -0.199. The zero-order valence-corrected chi connectivity index (χ0v) is 7.73. The molecule has 0 heterocycles. The summed E-state index contributed by atoms with van der Waals surface area (Å²) in [5.41, 5.74) is 5.38. The smallest absolute Gasteiger partial charge is 0.227 e. The third-order valence-electron chi connectivity index (χ3n) is 2.72. The van der Waals surface area contributed by atoms with E-state index in [4.69, 9.17) is 5.73 Å². The zero-order valence-electron chi connectivity index (χ0n) is 7.73. The fourth-order valence-corrected chi connectivity index (χ4v) is 1.55. The van der Waals surface area contributed by atoms with Crippen molar-refractivity contribution in [2.24, 2.45) is 11.1 Å². The largest absolute Gasteiger partial charge is 0.356 e. The molecular formula is C9H18N2O. The third kappa shape index (κ3) is 1.61. The van der Waals surface area contributed by atoms with Crippen LogP contribution in [-0.2, 0) is 4.79 Å². The molecular weight excluding hydrogens is 152 g/mol. The lowest BCUT2D eigenvalue weighted by Crippen LogP contribution is -2.50. The molecule has 1 rings (SSSR count). The molecule has 1 aliphatic rings. The molecule has 1 saturated carbocycles. The van der Waals surface area contributed by atoms with Gasteiger partial charge in [0.2, 0.25) is 5.91 Å². The Hall–Kier alpha value is -0.570. The van der Waals surface area contributed by atoms with Gasteiger partial charge in [0.15, 0.2) is 0 Å². The molecule has 0 aromatic carbocycles. The van der Waals surface area contributed by atoms with Gasteiger partial charge in [-0.2, -0.15) is 0 Å². The standard InChI is InChI=1S/C9H18N2O/c1-2-6-11-8(12)9(7-10)4-3-5-9/h2-7,10H2,1H3,(H,11,12). The third-order valence-corrected chi connectivity index (χ3v) is 2.72. The van der Waals surface area contributed by atoms with Gasteiger partial charge in [-0.15, -0.1) is 0 Å². The van der Waals surface area contributed by atoms with Crippen LogP contribution >= 0.6 is 0 Å². The highest BCUT2D eigenvalue weighted by Gasteiger charge is 2.42. The Balaban J connectivity index is 2.38. The number of hydrogen-bond donors (Lipinski definition) is 2. The Kier molecular flexibility index (Phi) is 3.09. The van der Waals surface area contributed by atoms with E-state index in [1.165, 1.54) is 0 Å². The Morgan fingerprint density at radius 2 is 2.25 bits per heavy atom. The minimum absolute atomic E-state index is 0.165. The molecule has 12 heavy (non-hydrogen) atoms. The molecule has 0 bridgehead atoms. The van der Waals surface area contributed by atoms with Gasteiger partial charge in [0.05, 0.1) is 5.41 Å². The van der Waals surface area contributed by atoms with E-state index in [9.17, 15) is 4.79 Å². The SMILES string of the molecule is CCCNC(=O)C1(CN)CCC1. The van der Waals surface area contributed by atoms with Crippen molar-refractivity contribution in [2.75, 3.05) is 13.1 Å². The topological polar surface area (TPSA) is 55.1 Å². The highest BCUT2D eigenvalue weighted by molar-refractivity contribution is 5.83. The quantitative estimate of drug-likeness (QED) is 0.650. The van der Waals surface area contributed by atoms with E-state index in [0.717, 1.165) is 32.2 Å². The van der Waals surface area contributed by atoms with E-state index < -0.39 is 0 Å². The Bertz CT molecular complexity index is 158. The molecule has 0 aromatic heterocycles. The van der Waals surface area contributed by atoms with Crippen LogP contribution in [0.1, 0.15) is 32.6 Å². The molecule has 0 aliphatic heterocycles. The van der Waals surface area contributed by atoms with Crippen LogP contribution in [-0.4, -0.2) is 19.0 Å². The molecule has 70 valence electrons. The van der Waals surface area contributed by atoms with Crippen molar-refractivity contribution >= 4 is 5.91 Å². The highest BCUT2D eigenvalue weighted by atomic mass is 16.2. The van der Waals surface area contributed by atoms with E-state index in [2.05, 4.69) is 12.2 Å². The molecule has 3 heteroatoms. The number of hydrogen-bond acceptors (Lipinski definition) is 2. The first-order valence-electron chi connectivity index (χ1n) is 4.73. The number of carbonyl (C=O) groups excluding carboxylic acids is 1. The van der Waals surface area contributed by atoms with Crippen LogP contribution in [0.25, 0.3) is 0 Å². The van der Waals surface area contributed by atoms with Crippen molar-refractivity contribution in [1.82, 2.24) is 5.32 Å². The van der Waals surface area contributed by atoms with Crippen LogP contribution in [0.3, 0.4) is 0 Å². The number of nitrogens with two attached hydrogens (primary N) is 1. The van der Waals surface area contributed by atoms with Gasteiger partial charge in [-0.05, 0) is 19.3 Å². The maximum atomic E-state index is 11.5. The fraction of sp³-hybridized carbons (Fsp3) is 0.889. The second kappa shape index (κ2) is 3.90. The summed E-state index contributed by atoms with van der Waals surface area (Å²) in [6, 6.07) is 0. The van der Waals surface area contributed by atoms with E-state index in [1.807, 2.05) is 0 Å². The summed E-state index contributed by atoms with van der Waals surface area (Å²) in [5, 5.41) is 2.91. The maximum absolute atomic E-state index is 11.5. The van der Waals surface area contributed by atoms with Crippen molar-refractivity contribution in [3.8, 4) is 0 Å². The van der Waals surface area contributed by atoms with Gasteiger partial charge in [-0.1, -0.05) is 13.3 Å². The van der Waals surface area contributed by atoms with Crippen molar-refractivity contribution in [3.05, 3.63) is 0 Å². The molecule has 0 aromatic rings. The monoisotopic (exact) mass is 170 g/mol. The normalized spacial score (nSPS) is 19.8. The summed E-state index contributed by atoms with van der Waals surface area (Å²) in [7, 11) is 0. The van der Waals surface area contributed by atoms with Gasteiger partial charge < -0.3 is 11.1 Å². The summed E-state index contributed by atoms with van der Waals surface area (Å²) in [5.74, 6) is 0.165. The maximum Gasteiger partial charge on any atom is 0.227 e. The number of rotatable bonds is 4. The van der Waals surface area contributed by atoms with Gasteiger partial charge in [-0.3, -0.25) is 4.79 Å². The summed E-state index contributed by atoms with van der Waals surface area (Å²) < 4.78 is 0. The number of amides is 1. The van der Waals surface area contributed by atoms with E-state index in [-0.39, 0.29) is 11.3 Å². The van der Waals surface area contributed by atoms with Crippen LogP contribution < -0.4 is 11.1 Å². The lowest BCUT2D eigenvalue weighted by atomic mass is 9.68. The minimum Gasteiger partial charge on any atom is -0.356 e. The summed E-state index contributed by atoms with van der Waals surface area (Å²) in [6.45, 7) is 3.33. The van der Waals surface area contributed by atoms with Gasteiger partial charge in [-0.25, -0.2) is 0 Å². The molecule has 1 fully saturated rings. The number of nitrogens with one attached hydrogen (secondary N) is 1. The van der Waals surface area contributed by atoms with E-state index in [1.54, 1.807) is 0 Å². The van der Waals surface area contributed by atoms with Crippen LogP contribution in [0, 0.1) is 5.41 Å². The van der Waals surface area contributed by atoms with Crippen molar-refractivity contribution in [3.63, 3.8) is 0 Å². The van der Waals surface area contributed by atoms with Crippen molar-refractivity contribution in [2.45, 2.75) is 32.6 Å². The Morgan fingerprint density at radius 3 is 2.58 bits per heavy atom. The highest BCUT2D eigenvalue weighted by Crippen LogP contribution is 2.39. The van der Waals surface area contributed by atoms with Crippen molar-refractivity contribution in [1.29, 1.82) is 0 Å². The Labute approximate surface area is 73.7 Å². The molecule has 0 radical (unpaired) electrons. The summed E-state index contributed by atoms with van der Waals surface area (Å²) >= 11 is 0. The molecule has 3 N–H and O–H groups in total. The Morgan fingerprint density at radius 1 is 1.58 bits per heavy atom. The van der Waals surface area contributed by atoms with E-state index in [0.29, 0.717) is 6.54 Å². The second-order valence-corrected chi connectivity index (χ2v) is 3.59. The lowest BCUT2D eigenvalue weighted by molar-refractivity contribution is -0.135. The average Bonchev–Trinajstić information content (AvgIpc) is 2.00. The van der Waals surface area contributed by atoms with Crippen molar-refractivity contribution < 1.29 is 4.79 Å². The first kappa shape index (κ1) is 9.52. The predicted octanol–water partition coefficient (Wildman–Crippen LogP) is 0.642. The molecule has 1 aliphatic carbocycles. The lowest BCUT2D eigenvalue weighted by Gasteiger charge is -2.39. The van der Waals surface area contributed by atoms with Crippen LogP contribution in [0.2, 0.25) is 0 Å². The van der Waals surface area contributed by atoms with Crippen LogP contribution in [0.4, 0.5) is 0 Å². The predicted molar refractivity (Wildman–Crippen MR) is 48.6 cm³/mol. The zero-order chi connectivity index (χ0) is 9.03. The molecule has 3 nitrogen and oxygen atoms in total. The van der Waals surface area contributed by atoms with E-state index >= 15 is 0 Å². The molecule has 0 spiro atoms. The number of carbonyl (C=O) groups is 1. The molecule has 0 saturated heterocycles. The van der Waals surface area contributed by atoms with Crippen LogP contribution in [0.15, 0.2) is 0 Å². The van der Waals surface area contributed by atoms with Gasteiger partial charge in [0, 0.05) is 13.1 Å². The molecule has 0 atom stereocenters. The molecule has 0 unspecified atom stereocenters. The molecule has 1 amide bonds. The van der Waals surface area contributed by atoms with Crippen LogP contribution in [0.5, 0.6) is 0 Å².